The van der Waals surface area contributed by atoms with Crippen LogP contribution in [0.5, 0.6) is 0 Å². The highest BCUT2D eigenvalue weighted by Crippen LogP contribution is 2.18. The number of benzene rings is 1. The van der Waals surface area contributed by atoms with Gasteiger partial charge in [0, 0.05) is 18.7 Å². The largest absolute Gasteiger partial charge is 0.481 e. The minimum absolute atomic E-state index is 0.139. The zero-order chi connectivity index (χ0) is 15.0. The first-order valence-electron chi connectivity index (χ1n) is 6.85. The molecule has 0 aliphatic rings. The van der Waals surface area contributed by atoms with Crippen LogP contribution >= 0.6 is 0 Å². The molecule has 0 saturated carbocycles. The summed E-state index contributed by atoms with van der Waals surface area (Å²) in [6.45, 7) is 4.67. The third-order valence-corrected chi connectivity index (χ3v) is 2.91. The molecule has 2 amide bonds. The van der Waals surface area contributed by atoms with Crippen molar-refractivity contribution < 1.29 is 14.7 Å². The maximum absolute atomic E-state index is 11.7. The van der Waals surface area contributed by atoms with Crippen LogP contribution in [0, 0.1) is 0 Å². The Labute approximate surface area is 119 Å². The lowest BCUT2D eigenvalue weighted by molar-refractivity contribution is -0.137. The van der Waals surface area contributed by atoms with Gasteiger partial charge in [-0.25, -0.2) is 4.79 Å². The summed E-state index contributed by atoms with van der Waals surface area (Å²) in [4.78, 5) is 22.0. The van der Waals surface area contributed by atoms with Gasteiger partial charge in [0.2, 0.25) is 0 Å². The van der Waals surface area contributed by atoms with Gasteiger partial charge in [0.05, 0.1) is 0 Å². The lowest BCUT2D eigenvalue weighted by Crippen LogP contribution is -2.29. The highest BCUT2D eigenvalue weighted by Gasteiger charge is 2.04. The van der Waals surface area contributed by atoms with Crippen molar-refractivity contribution in [2.45, 2.75) is 39.0 Å². The fourth-order valence-electron chi connectivity index (χ4n) is 1.75. The molecule has 0 fully saturated rings. The van der Waals surface area contributed by atoms with E-state index < -0.39 is 5.97 Å². The van der Waals surface area contributed by atoms with Gasteiger partial charge >= 0.3 is 12.0 Å². The first-order chi connectivity index (χ1) is 9.49. The van der Waals surface area contributed by atoms with Crippen molar-refractivity contribution in [3.05, 3.63) is 29.8 Å². The van der Waals surface area contributed by atoms with E-state index in [-0.39, 0.29) is 12.5 Å². The van der Waals surface area contributed by atoms with Crippen molar-refractivity contribution in [3.63, 3.8) is 0 Å². The Hall–Kier alpha value is -2.04. The summed E-state index contributed by atoms with van der Waals surface area (Å²) in [7, 11) is 0. The zero-order valence-electron chi connectivity index (χ0n) is 12.0. The van der Waals surface area contributed by atoms with Crippen LogP contribution in [-0.2, 0) is 4.79 Å². The maximum Gasteiger partial charge on any atom is 0.319 e. The van der Waals surface area contributed by atoms with Gasteiger partial charge in [-0.3, -0.25) is 4.79 Å². The molecule has 0 unspecified atom stereocenters. The quantitative estimate of drug-likeness (QED) is 0.670. The number of amides is 2. The number of unbranched alkanes of at least 4 members (excludes halogenated alkanes) is 1. The number of rotatable bonds is 7. The first-order valence-corrected chi connectivity index (χ1v) is 6.85. The maximum atomic E-state index is 11.7. The predicted molar refractivity (Wildman–Crippen MR) is 79.0 cm³/mol. The van der Waals surface area contributed by atoms with E-state index in [0.717, 1.165) is 5.69 Å². The summed E-state index contributed by atoms with van der Waals surface area (Å²) in [6.07, 6.45) is 1.37. The second-order valence-corrected chi connectivity index (χ2v) is 5.01. The van der Waals surface area contributed by atoms with E-state index in [0.29, 0.717) is 25.3 Å². The van der Waals surface area contributed by atoms with Crippen LogP contribution in [0.2, 0.25) is 0 Å². The van der Waals surface area contributed by atoms with Crippen LogP contribution in [0.1, 0.15) is 44.6 Å². The number of hydrogen-bond donors (Lipinski definition) is 3. The third kappa shape index (κ3) is 6.22. The third-order valence-electron chi connectivity index (χ3n) is 2.91. The Balaban J connectivity index is 2.31. The topological polar surface area (TPSA) is 78.4 Å². The molecule has 0 aliphatic carbocycles. The Morgan fingerprint density at radius 1 is 1.25 bits per heavy atom. The standard InChI is InChI=1S/C15H22N2O3/c1-11(2)12-6-5-7-13(10-12)17-15(20)16-9-4-3-8-14(18)19/h5-7,10-11H,3-4,8-9H2,1-2H3,(H,18,19)(H2,16,17,20). The van der Waals surface area contributed by atoms with Gasteiger partial charge < -0.3 is 15.7 Å². The smallest absolute Gasteiger partial charge is 0.319 e. The molecule has 20 heavy (non-hydrogen) atoms. The first kappa shape index (κ1) is 16.0. The summed E-state index contributed by atoms with van der Waals surface area (Å²) in [5.41, 5.74) is 1.93. The highest BCUT2D eigenvalue weighted by molar-refractivity contribution is 5.89. The Morgan fingerprint density at radius 2 is 2.00 bits per heavy atom. The van der Waals surface area contributed by atoms with E-state index >= 15 is 0 Å². The second kappa shape index (κ2) is 8.19. The lowest BCUT2D eigenvalue weighted by atomic mass is 10.0. The van der Waals surface area contributed by atoms with Gasteiger partial charge in [-0.1, -0.05) is 26.0 Å². The fourth-order valence-corrected chi connectivity index (χ4v) is 1.75. The Kier molecular flexibility index (Phi) is 6.56. The van der Waals surface area contributed by atoms with Gasteiger partial charge in [0.25, 0.3) is 0 Å². The number of aliphatic carboxylic acids is 1. The summed E-state index contributed by atoms with van der Waals surface area (Å²) < 4.78 is 0. The number of hydrogen-bond acceptors (Lipinski definition) is 2. The number of carbonyl (C=O) groups excluding carboxylic acids is 1. The Morgan fingerprint density at radius 3 is 2.65 bits per heavy atom. The molecule has 3 N–H and O–H groups in total. The zero-order valence-corrected chi connectivity index (χ0v) is 12.0. The van der Waals surface area contributed by atoms with E-state index in [1.54, 1.807) is 0 Å². The van der Waals surface area contributed by atoms with Crippen molar-refractivity contribution in [1.29, 1.82) is 0 Å². The molecule has 0 aromatic heterocycles. The number of carboxylic acids is 1. The average Bonchev–Trinajstić information content (AvgIpc) is 2.38. The molecule has 0 bridgehead atoms. The van der Waals surface area contributed by atoms with E-state index in [1.807, 2.05) is 24.3 Å². The molecule has 1 aromatic carbocycles. The van der Waals surface area contributed by atoms with E-state index in [4.69, 9.17) is 5.11 Å². The number of nitrogens with one attached hydrogen (secondary N) is 2. The minimum atomic E-state index is -0.806. The molecule has 1 aromatic rings. The molecular formula is C15H22N2O3. The molecule has 110 valence electrons. The number of carboxylic acid groups (broad SMARTS) is 1. The molecule has 0 spiro atoms. The monoisotopic (exact) mass is 278 g/mol. The molecular weight excluding hydrogens is 256 g/mol. The van der Waals surface area contributed by atoms with Crippen LogP contribution in [0.4, 0.5) is 10.5 Å². The van der Waals surface area contributed by atoms with Gasteiger partial charge in [-0.05, 0) is 36.5 Å². The van der Waals surface area contributed by atoms with E-state index in [1.165, 1.54) is 5.56 Å². The molecule has 0 aliphatic heterocycles. The highest BCUT2D eigenvalue weighted by atomic mass is 16.4. The number of carbonyl (C=O) groups is 2. The van der Waals surface area contributed by atoms with Crippen molar-refractivity contribution >= 4 is 17.7 Å². The van der Waals surface area contributed by atoms with Crippen molar-refractivity contribution in [3.8, 4) is 0 Å². The molecule has 1 rings (SSSR count). The fraction of sp³-hybridized carbons (Fsp3) is 0.467. The lowest BCUT2D eigenvalue weighted by Gasteiger charge is -2.10. The van der Waals surface area contributed by atoms with Crippen LogP contribution in [0.25, 0.3) is 0 Å². The summed E-state index contributed by atoms with van der Waals surface area (Å²) in [5, 5.41) is 14.0. The molecule has 5 heteroatoms. The van der Waals surface area contributed by atoms with Crippen LogP contribution in [-0.4, -0.2) is 23.7 Å². The Bertz CT molecular complexity index is 458. The second-order valence-electron chi connectivity index (χ2n) is 5.01. The van der Waals surface area contributed by atoms with Crippen molar-refractivity contribution in [2.75, 3.05) is 11.9 Å². The van der Waals surface area contributed by atoms with Crippen molar-refractivity contribution in [1.82, 2.24) is 5.32 Å². The summed E-state index contributed by atoms with van der Waals surface area (Å²) in [6, 6.07) is 7.48. The molecule has 0 saturated heterocycles. The van der Waals surface area contributed by atoms with Gasteiger partial charge in [-0.2, -0.15) is 0 Å². The molecule has 5 nitrogen and oxygen atoms in total. The van der Waals surface area contributed by atoms with Crippen molar-refractivity contribution in [2.24, 2.45) is 0 Å². The SMILES string of the molecule is CC(C)c1cccc(NC(=O)NCCCCC(=O)O)c1. The molecule has 0 heterocycles. The molecule has 0 atom stereocenters. The van der Waals surface area contributed by atoms with Crippen LogP contribution < -0.4 is 10.6 Å². The molecule has 0 radical (unpaired) electrons. The van der Waals surface area contributed by atoms with Gasteiger partial charge in [0.15, 0.2) is 0 Å². The minimum Gasteiger partial charge on any atom is -0.481 e. The normalized spacial score (nSPS) is 10.3. The van der Waals surface area contributed by atoms with Gasteiger partial charge in [0.1, 0.15) is 0 Å². The van der Waals surface area contributed by atoms with E-state index in [9.17, 15) is 9.59 Å². The van der Waals surface area contributed by atoms with E-state index in [2.05, 4.69) is 24.5 Å². The van der Waals surface area contributed by atoms with Crippen LogP contribution in [0.3, 0.4) is 0 Å². The number of anilines is 1. The van der Waals surface area contributed by atoms with Gasteiger partial charge in [-0.15, -0.1) is 0 Å². The summed E-state index contributed by atoms with van der Waals surface area (Å²) >= 11 is 0. The predicted octanol–water partition coefficient (Wildman–Crippen LogP) is 3.19. The summed E-state index contributed by atoms with van der Waals surface area (Å²) in [5.74, 6) is -0.393. The van der Waals surface area contributed by atoms with Crippen LogP contribution in [0.15, 0.2) is 24.3 Å². The number of urea groups is 1. The average molecular weight is 278 g/mol.